The average molecular weight is 389 g/mol. The lowest BCUT2D eigenvalue weighted by Gasteiger charge is -2.17. The van der Waals surface area contributed by atoms with Crippen molar-refractivity contribution >= 4 is 32.3 Å². The number of rotatable bonds is 4. The highest BCUT2D eigenvalue weighted by atomic mass is 32.2. The molecule has 2 atom stereocenters. The summed E-state index contributed by atoms with van der Waals surface area (Å²) < 4.78 is 28.1. The molecule has 2 aromatic heterocycles. The van der Waals surface area contributed by atoms with Gasteiger partial charge in [-0.25, -0.2) is 8.42 Å². The first-order valence-corrected chi connectivity index (χ1v) is 10.9. The van der Waals surface area contributed by atoms with Gasteiger partial charge >= 0.3 is 0 Å². The summed E-state index contributed by atoms with van der Waals surface area (Å²) in [5.74, 6) is -0.0734. The van der Waals surface area contributed by atoms with Crippen molar-refractivity contribution in [2.24, 2.45) is 5.92 Å². The van der Waals surface area contributed by atoms with Gasteiger partial charge in [0.05, 0.1) is 5.52 Å². The van der Waals surface area contributed by atoms with Gasteiger partial charge in [0.1, 0.15) is 4.90 Å². The van der Waals surface area contributed by atoms with Crippen molar-refractivity contribution in [3.05, 3.63) is 58.4 Å². The number of aliphatic hydroxyl groups is 1. The second-order valence-electron chi connectivity index (χ2n) is 6.77. The monoisotopic (exact) mass is 388 g/mol. The standard InChI is InChI=1S/C19H20N2O3S2/c1-13-7-14-3-2-4-18(19(14)20-8-13)26(23,24)21-9-16(11-22)17(10-21)15-5-6-25-12-15/h2-8,12,16-17,22H,9-11H2,1H3/t16-,17+/m1/s1. The average Bonchev–Trinajstić information content (AvgIpc) is 3.30. The molecule has 0 saturated carbocycles. The van der Waals surface area contributed by atoms with E-state index in [9.17, 15) is 13.5 Å². The minimum atomic E-state index is -3.68. The molecule has 1 aliphatic rings. The van der Waals surface area contributed by atoms with Crippen LogP contribution >= 0.6 is 11.3 Å². The molecule has 0 aliphatic carbocycles. The van der Waals surface area contributed by atoms with E-state index in [1.165, 1.54) is 4.31 Å². The van der Waals surface area contributed by atoms with Gasteiger partial charge < -0.3 is 5.11 Å². The summed E-state index contributed by atoms with van der Waals surface area (Å²) in [6, 6.07) is 9.20. The molecule has 1 saturated heterocycles. The molecule has 3 aromatic rings. The van der Waals surface area contributed by atoms with E-state index in [0.717, 1.165) is 16.5 Å². The van der Waals surface area contributed by atoms with Gasteiger partial charge in [0.25, 0.3) is 0 Å². The molecule has 0 amide bonds. The van der Waals surface area contributed by atoms with Gasteiger partial charge in [0.15, 0.2) is 0 Å². The third kappa shape index (κ3) is 2.95. The Labute approximate surface area is 157 Å². The van der Waals surface area contributed by atoms with Crippen molar-refractivity contribution in [1.82, 2.24) is 9.29 Å². The van der Waals surface area contributed by atoms with E-state index in [4.69, 9.17) is 0 Å². The maximum atomic E-state index is 13.3. The first kappa shape index (κ1) is 17.6. The van der Waals surface area contributed by atoms with Crippen LogP contribution in [0.2, 0.25) is 0 Å². The van der Waals surface area contributed by atoms with Gasteiger partial charge in [0.2, 0.25) is 10.0 Å². The number of fused-ring (bicyclic) bond motifs is 1. The summed E-state index contributed by atoms with van der Waals surface area (Å²) in [5, 5.41) is 14.6. The van der Waals surface area contributed by atoms with Crippen molar-refractivity contribution < 1.29 is 13.5 Å². The number of hydrogen-bond donors (Lipinski definition) is 1. The number of aliphatic hydroxyl groups excluding tert-OH is 1. The van der Waals surface area contributed by atoms with Crippen molar-refractivity contribution in [2.45, 2.75) is 17.7 Å². The summed E-state index contributed by atoms with van der Waals surface area (Å²) in [6.45, 7) is 2.61. The second kappa shape index (κ2) is 6.74. The zero-order chi connectivity index (χ0) is 18.3. The molecular formula is C19H20N2O3S2. The van der Waals surface area contributed by atoms with Crippen molar-refractivity contribution in [2.75, 3.05) is 19.7 Å². The zero-order valence-corrected chi connectivity index (χ0v) is 16.0. The molecule has 5 nitrogen and oxygen atoms in total. The fraction of sp³-hybridized carbons (Fsp3) is 0.316. The number of benzene rings is 1. The third-order valence-corrected chi connectivity index (χ3v) is 7.61. The Morgan fingerprint density at radius 3 is 2.88 bits per heavy atom. The van der Waals surface area contributed by atoms with Crippen LogP contribution in [0.5, 0.6) is 0 Å². The number of hydrogen-bond acceptors (Lipinski definition) is 5. The van der Waals surface area contributed by atoms with Crippen LogP contribution in [0, 0.1) is 12.8 Å². The van der Waals surface area contributed by atoms with Crippen LogP contribution < -0.4 is 0 Å². The molecule has 1 aliphatic heterocycles. The molecule has 1 aromatic carbocycles. The van der Waals surface area contributed by atoms with E-state index in [-0.39, 0.29) is 23.3 Å². The highest BCUT2D eigenvalue weighted by Crippen LogP contribution is 2.37. The minimum absolute atomic E-state index is 0.0196. The fourth-order valence-electron chi connectivity index (χ4n) is 3.67. The molecule has 0 bridgehead atoms. The van der Waals surface area contributed by atoms with Crippen LogP contribution in [-0.4, -0.2) is 42.5 Å². The molecule has 3 heterocycles. The number of aromatic nitrogens is 1. The van der Waals surface area contributed by atoms with Gasteiger partial charge in [-0.2, -0.15) is 15.6 Å². The second-order valence-corrected chi connectivity index (χ2v) is 9.45. The minimum Gasteiger partial charge on any atom is -0.396 e. The molecular weight excluding hydrogens is 368 g/mol. The maximum absolute atomic E-state index is 13.3. The molecule has 0 spiro atoms. The van der Waals surface area contributed by atoms with Crippen LogP contribution in [0.4, 0.5) is 0 Å². The predicted octanol–water partition coefficient (Wildman–Crippen LogP) is 3.00. The lowest BCUT2D eigenvalue weighted by Crippen LogP contribution is -2.29. The number of sulfonamides is 1. The van der Waals surface area contributed by atoms with Crippen LogP contribution in [0.15, 0.2) is 52.2 Å². The molecule has 0 radical (unpaired) electrons. The van der Waals surface area contributed by atoms with Crippen molar-refractivity contribution in [3.8, 4) is 0 Å². The highest BCUT2D eigenvalue weighted by molar-refractivity contribution is 7.89. The Hall–Kier alpha value is -1.80. The van der Waals surface area contributed by atoms with Gasteiger partial charge in [-0.15, -0.1) is 0 Å². The lowest BCUT2D eigenvalue weighted by atomic mass is 9.92. The van der Waals surface area contributed by atoms with Crippen molar-refractivity contribution in [3.63, 3.8) is 0 Å². The van der Waals surface area contributed by atoms with Gasteiger partial charge in [-0.1, -0.05) is 12.1 Å². The summed E-state index contributed by atoms with van der Waals surface area (Å²) in [4.78, 5) is 4.61. The molecule has 136 valence electrons. The quantitative estimate of drug-likeness (QED) is 0.746. The van der Waals surface area contributed by atoms with E-state index in [1.807, 2.05) is 35.9 Å². The maximum Gasteiger partial charge on any atom is 0.245 e. The van der Waals surface area contributed by atoms with E-state index >= 15 is 0 Å². The number of pyridine rings is 1. The first-order valence-electron chi connectivity index (χ1n) is 8.49. The first-order chi connectivity index (χ1) is 12.5. The summed E-state index contributed by atoms with van der Waals surface area (Å²) in [5.41, 5.74) is 2.59. The van der Waals surface area contributed by atoms with Crippen LogP contribution in [0.3, 0.4) is 0 Å². The predicted molar refractivity (Wildman–Crippen MR) is 103 cm³/mol. The molecule has 26 heavy (non-hydrogen) atoms. The molecule has 1 fully saturated rings. The zero-order valence-electron chi connectivity index (χ0n) is 14.4. The van der Waals surface area contributed by atoms with Crippen LogP contribution in [0.25, 0.3) is 10.9 Å². The fourth-order valence-corrected chi connectivity index (χ4v) is 6.08. The van der Waals surface area contributed by atoms with E-state index in [2.05, 4.69) is 4.98 Å². The van der Waals surface area contributed by atoms with E-state index in [1.54, 1.807) is 29.7 Å². The smallest absolute Gasteiger partial charge is 0.245 e. The molecule has 4 rings (SSSR count). The molecule has 1 N–H and O–H groups in total. The lowest BCUT2D eigenvalue weighted by molar-refractivity contribution is 0.223. The Morgan fingerprint density at radius 2 is 2.15 bits per heavy atom. The molecule has 7 heteroatoms. The number of nitrogens with zero attached hydrogens (tertiary/aromatic N) is 2. The Morgan fingerprint density at radius 1 is 1.31 bits per heavy atom. The van der Waals surface area contributed by atoms with E-state index < -0.39 is 10.0 Å². The molecule has 0 unspecified atom stereocenters. The highest BCUT2D eigenvalue weighted by Gasteiger charge is 2.40. The number of para-hydroxylation sites is 1. The van der Waals surface area contributed by atoms with Crippen LogP contribution in [-0.2, 0) is 10.0 Å². The van der Waals surface area contributed by atoms with E-state index in [0.29, 0.717) is 18.6 Å². The Kier molecular flexibility index (Phi) is 4.56. The van der Waals surface area contributed by atoms with Gasteiger partial charge in [0, 0.05) is 43.1 Å². The summed E-state index contributed by atoms with van der Waals surface area (Å²) in [6.07, 6.45) is 1.69. The van der Waals surface area contributed by atoms with Crippen LogP contribution in [0.1, 0.15) is 17.0 Å². The summed E-state index contributed by atoms with van der Waals surface area (Å²) in [7, 11) is -3.68. The normalized spacial score (nSPS) is 21.5. The Balaban J connectivity index is 1.74. The van der Waals surface area contributed by atoms with Gasteiger partial charge in [-0.05, 0) is 47.0 Å². The third-order valence-electron chi connectivity index (χ3n) is 5.04. The van der Waals surface area contributed by atoms with Gasteiger partial charge in [-0.3, -0.25) is 4.98 Å². The number of thiophene rings is 1. The summed E-state index contributed by atoms with van der Waals surface area (Å²) >= 11 is 1.59. The SMILES string of the molecule is Cc1cnc2c(S(=O)(=O)N3C[C@H](CO)[C@H](c4ccsc4)C3)cccc2c1. The topological polar surface area (TPSA) is 70.5 Å². The number of aryl methyl sites for hydroxylation is 1. The largest absolute Gasteiger partial charge is 0.396 e. The van der Waals surface area contributed by atoms with Crippen molar-refractivity contribution in [1.29, 1.82) is 0 Å². The Bertz CT molecular complexity index is 1030.